The minimum Gasteiger partial charge on any atom is -0.505 e. The van der Waals surface area contributed by atoms with Gasteiger partial charge in [0.05, 0.1) is 11.9 Å². The molecule has 14 nitrogen and oxygen atoms in total. The Morgan fingerprint density at radius 2 is 1.81 bits per heavy atom. The number of amides is 1. The minimum atomic E-state index is -2.13. The lowest BCUT2D eigenvalue weighted by molar-refractivity contribution is -0.229. The molecular formula is C38H40F2N6O8. The first kappa shape index (κ1) is 36.6. The van der Waals surface area contributed by atoms with Crippen LogP contribution in [0.25, 0.3) is 33.4 Å². The van der Waals surface area contributed by atoms with Crippen molar-refractivity contribution in [2.24, 2.45) is 10.7 Å². The van der Waals surface area contributed by atoms with Gasteiger partial charge in [-0.15, -0.1) is 0 Å². The van der Waals surface area contributed by atoms with Gasteiger partial charge in [0.2, 0.25) is 11.2 Å². The number of benzene rings is 3. The van der Waals surface area contributed by atoms with E-state index in [9.17, 15) is 38.5 Å². The van der Waals surface area contributed by atoms with Gasteiger partial charge in [0.1, 0.15) is 24.0 Å². The molecule has 1 amide bonds. The van der Waals surface area contributed by atoms with Gasteiger partial charge in [-0.2, -0.15) is 0 Å². The SMILES string of the molecule is C=C1NC(COC(=O)NCCCCCCCC(=O)c2ccc(-c3c4cc(F)c(=O)cc-4oc4cc(O)c(F)cc34)cc2)C2N=C(N)NC23N1CCC3(O)O. The quantitative estimate of drug-likeness (QED) is 0.0480. The molecule has 2 saturated heterocycles. The molecule has 3 atom stereocenters. The fourth-order valence-electron chi connectivity index (χ4n) is 7.72. The predicted molar refractivity (Wildman–Crippen MR) is 193 cm³/mol. The van der Waals surface area contributed by atoms with E-state index in [1.54, 1.807) is 29.2 Å². The first-order chi connectivity index (χ1) is 25.8. The van der Waals surface area contributed by atoms with E-state index in [2.05, 4.69) is 27.5 Å². The Labute approximate surface area is 307 Å². The average molecular weight is 747 g/mol. The molecule has 1 aliphatic carbocycles. The maximum Gasteiger partial charge on any atom is 0.407 e. The Bertz CT molecular complexity index is 2190. The molecule has 8 N–H and O–H groups in total. The first-order valence-electron chi connectivity index (χ1n) is 17.7. The third-order valence-corrected chi connectivity index (χ3v) is 10.4. The van der Waals surface area contributed by atoms with Crippen molar-refractivity contribution in [2.75, 3.05) is 19.7 Å². The van der Waals surface area contributed by atoms with Crippen LogP contribution < -0.4 is 27.1 Å². The lowest BCUT2D eigenvalue weighted by Gasteiger charge is -2.51. The summed E-state index contributed by atoms with van der Waals surface area (Å²) in [6, 6.07) is 9.47. The number of carbonyl (C=O) groups is 2. The number of nitrogens with two attached hydrogens (primary N) is 1. The van der Waals surface area contributed by atoms with Crippen LogP contribution in [0.1, 0.15) is 55.3 Å². The van der Waals surface area contributed by atoms with Gasteiger partial charge in [0.25, 0.3) is 0 Å². The number of ether oxygens (including phenoxy) is 1. The number of aromatic hydroxyl groups is 1. The Morgan fingerprint density at radius 3 is 2.59 bits per heavy atom. The number of unbranched alkanes of at least 4 members (excludes halogenated alkanes) is 4. The van der Waals surface area contributed by atoms with Gasteiger partial charge < -0.3 is 51.1 Å². The lowest BCUT2D eigenvalue weighted by atomic mass is 9.86. The summed E-state index contributed by atoms with van der Waals surface area (Å²) in [6.45, 7) is 4.58. The van der Waals surface area contributed by atoms with Crippen LogP contribution in [-0.2, 0) is 4.74 Å². The van der Waals surface area contributed by atoms with Crippen molar-refractivity contribution < 1.29 is 42.8 Å². The van der Waals surface area contributed by atoms with Gasteiger partial charge in [-0.25, -0.2) is 18.6 Å². The topological polar surface area (TPSA) is 212 Å². The normalized spacial score (nSPS) is 21.3. The van der Waals surface area contributed by atoms with Crippen molar-refractivity contribution >= 4 is 28.8 Å². The van der Waals surface area contributed by atoms with Gasteiger partial charge in [0, 0.05) is 60.1 Å². The van der Waals surface area contributed by atoms with Crippen LogP contribution in [-0.4, -0.2) is 81.3 Å². The summed E-state index contributed by atoms with van der Waals surface area (Å²) in [4.78, 5) is 43.4. The standard InChI is InChI=1S/C38H40F2N6O8/c1-20-43-27(34-38(45-35(41)44-34)37(51,52)12-14-46(20)38)19-53-36(50)42-13-6-4-2-3-5-7-28(47)21-8-10-22(11-9-21)33-23-15-25(39)29(48)17-31(23)54-32-18-30(49)26(40)16-24(32)33/h8-11,15-18,27,34,43,48,51-52H,1-7,12-14,19H2,(H,42,50)(H3,41,44,45). The average Bonchev–Trinajstić information content (AvgIpc) is 3.63. The van der Waals surface area contributed by atoms with Gasteiger partial charge in [-0.1, -0.05) is 50.1 Å². The van der Waals surface area contributed by atoms with Crippen LogP contribution in [0.5, 0.6) is 5.75 Å². The van der Waals surface area contributed by atoms with E-state index in [-0.39, 0.29) is 47.1 Å². The molecule has 284 valence electrons. The number of halogens is 2. The van der Waals surface area contributed by atoms with Crippen LogP contribution in [0.3, 0.4) is 0 Å². The molecule has 2 aromatic rings. The largest absolute Gasteiger partial charge is 0.505 e. The Balaban J connectivity index is 0.852. The molecule has 0 bridgehead atoms. The zero-order valence-corrected chi connectivity index (χ0v) is 29.2. The summed E-state index contributed by atoms with van der Waals surface area (Å²) in [5, 5.41) is 40.5. The Kier molecular flexibility index (Phi) is 9.66. The second-order valence-electron chi connectivity index (χ2n) is 13.9. The Hall–Kier alpha value is -5.74. The highest BCUT2D eigenvalue weighted by Gasteiger charge is 2.69. The molecule has 0 saturated carbocycles. The molecule has 5 aliphatic rings. The van der Waals surface area contributed by atoms with Crippen molar-refractivity contribution in [1.82, 2.24) is 20.9 Å². The van der Waals surface area contributed by atoms with Crippen LogP contribution in [0.15, 0.2) is 75.1 Å². The van der Waals surface area contributed by atoms with E-state index in [1.807, 2.05) is 0 Å². The number of aliphatic hydroxyl groups is 2. The number of phenolic OH excluding ortho intramolecular Hbond substituents is 1. The molecule has 4 aliphatic heterocycles. The number of Topliss-reactive ketones (excluding diaryl/α,β-unsaturated/α-hetero) is 1. The van der Waals surface area contributed by atoms with Crippen molar-refractivity contribution in [2.45, 2.75) is 68.5 Å². The smallest absolute Gasteiger partial charge is 0.407 e. The van der Waals surface area contributed by atoms with Crippen molar-refractivity contribution in [3.8, 4) is 28.2 Å². The van der Waals surface area contributed by atoms with Gasteiger partial charge >= 0.3 is 6.09 Å². The van der Waals surface area contributed by atoms with Crippen molar-refractivity contribution in [3.05, 3.63) is 88.4 Å². The number of ketones is 1. The van der Waals surface area contributed by atoms with Crippen LogP contribution >= 0.6 is 0 Å². The monoisotopic (exact) mass is 746 g/mol. The predicted octanol–water partition coefficient (Wildman–Crippen LogP) is 3.61. The first-order valence-corrected chi connectivity index (χ1v) is 17.7. The number of guanidine groups is 1. The molecule has 1 spiro atoms. The molecule has 54 heavy (non-hydrogen) atoms. The summed E-state index contributed by atoms with van der Waals surface area (Å²) in [7, 11) is 0. The molecule has 7 rings (SSSR count). The lowest BCUT2D eigenvalue weighted by Crippen LogP contribution is -2.77. The van der Waals surface area contributed by atoms with E-state index in [0.29, 0.717) is 54.9 Å². The number of hydrogen-bond acceptors (Lipinski definition) is 13. The van der Waals surface area contributed by atoms with E-state index in [4.69, 9.17) is 14.9 Å². The minimum absolute atomic E-state index is 0.0530. The number of carbonyl (C=O) groups excluding carboxylic acids is 2. The van der Waals surface area contributed by atoms with E-state index in [1.165, 1.54) is 0 Å². The Morgan fingerprint density at radius 1 is 1.07 bits per heavy atom. The maximum absolute atomic E-state index is 14.4. The highest BCUT2D eigenvalue weighted by molar-refractivity contribution is 6.03. The van der Waals surface area contributed by atoms with E-state index >= 15 is 0 Å². The number of nitrogens with one attached hydrogen (secondary N) is 3. The number of aliphatic imine (C=N–C) groups is 1. The van der Waals surface area contributed by atoms with Crippen molar-refractivity contribution in [3.63, 3.8) is 0 Å². The summed E-state index contributed by atoms with van der Waals surface area (Å²) >= 11 is 0. The highest BCUT2D eigenvalue weighted by atomic mass is 19.1. The second-order valence-corrected chi connectivity index (χ2v) is 13.9. The van der Waals surface area contributed by atoms with E-state index in [0.717, 1.165) is 43.5 Å². The second kappa shape index (κ2) is 14.2. The molecule has 4 heterocycles. The fourth-order valence-corrected chi connectivity index (χ4v) is 7.72. The number of alkyl carbamates (subject to hydrolysis) is 1. The number of hydrogen-bond donors (Lipinski definition) is 7. The molecular weight excluding hydrogens is 706 g/mol. The molecule has 2 fully saturated rings. The van der Waals surface area contributed by atoms with Crippen LogP contribution in [0.2, 0.25) is 0 Å². The zero-order valence-electron chi connectivity index (χ0n) is 29.2. The third kappa shape index (κ3) is 6.55. The molecule has 0 aromatic heterocycles. The number of phenols is 1. The molecule has 2 aromatic carbocycles. The number of nitrogens with zero attached hydrogens (tertiary/aromatic N) is 2. The van der Waals surface area contributed by atoms with Crippen LogP contribution in [0.4, 0.5) is 13.6 Å². The summed E-state index contributed by atoms with van der Waals surface area (Å²) in [5.74, 6) is -4.16. The molecule has 3 unspecified atom stereocenters. The maximum atomic E-state index is 14.4. The summed E-state index contributed by atoms with van der Waals surface area (Å²) in [6.07, 6.45) is 3.59. The molecule has 0 radical (unpaired) electrons. The van der Waals surface area contributed by atoms with Gasteiger partial charge in [-0.3, -0.25) is 9.59 Å². The number of rotatable bonds is 12. The fraction of sp³-hybridized carbons (Fsp3) is 0.368. The van der Waals surface area contributed by atoms with Gasteiger partial charge in [-0.05, 0) is 30.5 Å². The third-order valence-electron chi connectivity index (χ3n) is 10.4. The van der Waals surface area contributed by atoms with E-state index < -0.39 is 52.4 Å². The zero-order chi connectivity index (χ0) is 38.4. The highest BCUT2D eigenvalue weighted by Crippen LogP contribution is 2.46. The summed E-state index contributed by atoms with van der Waals surface area (Å²) in [5.41, 5.74) is 5.38. The molecule has 16 heteroatoms. The van der Waals surface area contributed by atoms with Crippen LogP contribution in [0, 0.1) is 11.6 Å². The summed E-state index contributed by atoms with van der Waals surface area (Å²) < 4.78 is 39.9. The number of fused-ring (bicyclic) bond motifs is 2. The van der Waals surface area contributed by atoms with Gasteiger partial charge in [0.15, 0.2) is 34.8 Å². The van der Waals surface area contributed by atoms with Crippen molar-refractivity contribution in [1.29, 1.82) is 0 Å².